The Morgan fingerprint density at radius 1 is 1.10 bits per heavy atom. The second-order valence-corrected chi connectivity index (χ2v) is 9.19. The van der Waals surface area contributed by atoms with E-state index in [9.17, 15) is 0 Å². The van der Waals surface area contributed by atoms with E-state index in [1.54, 1.807) is 12.1 Å². The fourth-order valence-electron chi connectivity index (χ4n) is 5.60. The topological polar surface area (TPSA) is 77.3 Å². The van der Waals surface area contributed by atoms with Gasteiger partial charge in [-0.1, -0.05) is 36.5 Å². The van der Waals surface area contributed by atoms with Gasteiger partial charge >= 0.3 is 0 Å². The maximum absolute atomic E-state index is 8.99. The summed E-state index contributed by atoms with van der Waals surface area (Å²) in [5.74, 6) is 3.54. The Kier molecular flexibility index (Phi) is 5.22. The number of halogens is 2. The first-order valence-corrected chi connectivity index (χ1v) is 10.9. The van der Waals surface area contributed by atoms with Crippen molar-refractivity contribution in [3.8, 4) is 23.6 Å². The number of hydrogen-bond acceptors (Lipinski definition) is 6. The maximum atomic E-state index is 8.99. The molecule has 0 radical (unpaired) electrons. The lowest BCUT2D eigenvalue weighted by Gasteiger charge is -2.33. The Morgan fingerprint density at radius 2 is 1.90 bits per heavy atom. The van der Waals surface area contributed by atoms with E-state index in [2.05, 4.69) is 16.9 Å². The Morgan fingerprint density at radius 3 is 2.70 bits per heavy atom. The maximum Gasteiger partial charge on any atom is 0.245 e. The summed E-state index contributed by atoms with van der Waals surface area (Å²) in [6.07, 6.45) is 3.93. The first-order chi connectivity index (χ1) is 14.6. The molecule has 1 saturated heterocycles. The standard InChI is InChI=1S/C22H21Cl2N3O3/c1-11-2-4-13-14-8-28-9-15(18(11)13)20(14)30-22-19(24)21(26-10-27-22)29-17-5-3-12(7-25)6-16(17)23/h3,5-6,10-11,13-15,18,20H,2,4,8-9H2,1H3. The Hall–Kier alpha value is -2.07. The number of ether oxygens (including phenoxy) is 3. The lowest BCUT2D eigenvalue weighted by molar-refractivity contribution is -0.0492. The minimum absolute atomic E-state index is 0.0373. The SMILES string of the molecule is CC1CCC2C3COCC(C3Oc3ncnc(Oc4ccc(C#N)cc4Cl)c3Cl)C12. The van der Waals surface area contributed by atoms with Crippen molar-refractivity contribution in [2.24, 2.45) is 29.6 Å². The van der Waals surface area contributed by atoms with Crippen molar-refractivity contribution in [3.05, 3.63) is 40.1 Å². The van der Waals surface area contributed by atoms with E-state index in [0.29, 0.717) is 51.8 Å². The average molecular weight is 446 g/mol. The molecule has 30 heavy (non-hydrogen) atoms. The molecular formula is C22H21Cl2N3O3. The number of benzene rings is 1. The van der Waals surface area contributed by atoms with Gasteiger partial charge in [0.1, 0.15) is 18.2 Å². The van der Waals surface area contributed by atoms with Gasteiger partial charge in [0.2, 0.25) is 11.8 Å². The van der Waals surface area contributed by atoms with Crippen LogP contribution < -0.4 is 9.47 Å². The van der Waals surface area contributed by atoms with Crippen molar-refractivity contribution < 1.29 is 14.2 Å². The number of nitriles is 1. The van der Waals surface area contributed by atoms with Gasteiger partial charge in [0, 0.05) is 11.8 Å². The fraction of sp³-hybridized carbons (Fsp3) is 0.500. The zero-order valence-corrected chi connectivity index (χ0v) is 17.9. The summed E-state index contributed by atoms with van der Waals surface area (Å²) < 4.78 is 18.1. The van der Waals surface area contributed by atoms with E-state index < -0.39 is 0 Å². The van der Waals surface area contributed by atoms with Crippen molar-refractivity contribution in [1.29, 1.82) is 5.26 Å². The average Bonchev–Trinajstić information content (AvgIpc) is 3.18. The van der Waals surface area contributed by atoms with E-state index >= 15 is 0 Å². The van der Waals surface area contributed by atoms with Crippen molar-refractivity contribution in [1.82, 2.24) is 9.97 Å². The van der Waals surface area contributed by atoms with Crippen LogP contribution in [0.4, 0.5) is 0 Å². The highest BCUT2D eigenvalue weighted by molar-refractivity contribution is 6.33. The minimum Gasteiger partial charge on any atom is -0.472 e. The van der Waals surface area contributed by atoms with E-state index in [1.165, 1.54) is 25.2 Å². The van der Waals surface area contributed by atoms with Crippen LogP contribution in [0.2, 0.25) is 10.0 Å². The molecule has 1 aliphatic heterocycles. The molecule has 0 N–H and O–H groups in total. The van der Waals surface area contributed by atoms with Gasteiger partial charge in [-0.25, -0.2) is 4.98 Å². The number of hydrogen-bond donors (Lipinski definition) is 0. The quantitative estimate of drug-likeness (QED) is 0.648. The van der Waals surface area contributed by atoms with Crippen LogP contribution in [-0.4, -0.2) is 29.3 Å². The lowest BCUT2D eigenvalue weighted by Crippen LogP contribution is -2.40. The predicted molar refractivity (Wildman–Crippen MR) is 111 cm³/mol. The highest BCUT2D eigenvalue weighted by atomic mass is 35.5. The molecule has 0 amide bonds. The van der Waals surface area contributed by atoms with Gasteiger partial charge < -0.3 is 14.2 Å². The monoisotopic (exact) mass is 445 g/mol. The second-order valence-electron chi connectivity index (χ2n) is 8.40. The molecule has 0 spiro atoms. The van der Waals surface area contributed by atoms with Gasteiger partial charge in [0.05, 0.1) is 29.9 Å². The number of rotatable bonds is 4. The molecular weight excluding hydrogens is 425 g/mol. The molecule has 1 aromatic heterocycles. The zero-order chi connectivity index (χ0) is 20.8. The van der Waals surface area contributed by atoms with Crippen LogP contribution in [0.15, 0.2) is 24.5 Å². The van der Waals surface area contributed by atoms with Crippen LogP contribution in [-0.2, 0) is 4.74 Å². The van der Waals surface area contributed by atoms with Crippen LogP contribution in [0, 0.1) is 40.9 Å². The summed E-state index contributed by atoms with van der Waals surface area (Å²) in [5.41, 5.74) is 0.444. The van der Waals surface area contributed by atoms with Crippen molar-refractivity contribution >= 4 is 23.2 Å². The summed E-state index contributed by atoms with van der Waals surface area (Å²) in [4.78, 5) is 8.41. The Labute approximate surface area is 185 Å². The summed E-state index contributed by atoms with van der Waals surface area (Å²) in [6, 6.07) is 6.80. The Balaban J connectivity index is 1.39. The van der Waals surface area contributed by atoms with Gasteiger partial charge in [-0.3, -0.25) is 0 Å². The van der Waals surface area contributed by atoms with Crippen LogP contribution in [0.1, 0.15) is 25.3 Å². The van der Waals surface area contributed by atoms with E-state index in [-0.39, 0.29) is 17.0 Å². The van der Waals surface area contributed by atoms with E-state index in [1.807, 2.05) is 6.07 Å². The highest BCUT2D eigenvalue weighted by Crippen LogP contribution is 2.56. The van der Waals surface area contributed by atoms with Crippen molar-refractivity contribution in [3.63, 3.8) is 0 Å². The van der Waals surface area contributed by atoms with E-state index in [4.69, 9.17) is 42.7 Å². The molecule has 2 bridgehead atoms. The van der Waals surface area contributed by atoms with Crippen molar-refractivity contribution in [2.45, 2.75) is 25.9 Å². The third-order valence-corrected chi connectivity index (χ3v) is 7.48. The molecule has 2 aliphatic carbocycles. The smallest absolute Gasteiger partial charge is 0.245 e. The van der Waals surface area contributed by atoms with Gasteiger partial charge in [-0.2, -0.15) is 10.2 Å². The number of fused-ring (bicyclic) bond motifs is 5. The van der Waals surface area contributed by atoms with Crippen LogP contribution in [0.3, 0.4) is 0 Å². The van der Waals surface area contributed by atoms with Gasteiger partial charge in [0.25, 0.3) is 0 Å². The molecule has 3 aliphatic rings. The van der Waals surface area contributed by atoms with Crippen molar-refractivity contribution in [2.75, 3.05) is 13.2 Å². The van der Waals surface area contributed by atoms with Crippen LogP contribution >= 0.6 is 23.2 Å². The molecule has 2 heterocycles. The number of nitrogens with zero attached hydrogens (tertiary/aromatic N) is 3. The lowest BCUT2D eigenvalue weighted by atomic mass is 9.85. The molecule has 6 nitrogen and oxygen atoms in total. The van der Waals surface area contributed by atoms with Gasteiger partial charge in [-0.05, 0) is 42.4 Å². The molecule has 1 aromatic carbocycles. The molecule has 3 fully saturated rings. The molecule has 2 saturated carbocycles. The van der Waals surface area contributed by atoms with E-state index in [0.717, 1.165) is 13.2 Å². The Bertz CT molecular complexity index is 1010. The molecule has 6 atom stereocenters. The first-order valence-electron chi connectivity index (χ1n) is 10.2. The molecule has 5 rings (SSSR count). The fourth-order valence-corrected chi connectivity index (χ4v) is 6.00. The summed E-state index contributed by atoms with van der Waals surface area (Å²) >= 11 is 12.8. The molecule has 2 aromatic rings. The zero-order valence-electron chi connectivity index (χ0n) is 16.4. The molecule has 8 heteroatoms. The largest absolute Gasteiger partial charge is 0.472 e. The van der Waals surface area contributed by atoms with Crippen LogP contribution in [0.25, 0.3) is 0 Å². The summed E-state index contributed by atoms with van der Waals surface area (Å²) in [7, 11) is 0. The highest BCUT2D eigenvalue weighted by Gasteiger charge is 2.58. The summed E-state index contributed by atoms with van der Waals surface area (Å²) in [5, 5.41) is 9.50. The number of aromatic nitrogens is 2. The molecule has 156 valence electrons. The third-order valence-electron chi connectivity index (χ3n) is 6.86. The normalized spacial score (nSPS) is 31.8. The van der Waals surface area contributed by atoms with Gasteiger partial charge in [-0.15, -0.1) is 0 Å². The first kappa shape index (κ1) is 19.9. The predicted octanol–water partition coefficient (Wildman–Crippen LogP) is 5.13. The van der Waals surface area contributed by atoms with Gasteiger partial charge in [0.15, 0.2) is 5.02 Å². The summed E-state index contributed by atoms with van der Waals surface area (Å²) in [6.45, 7) is 3.79. The second kappa shape index (κ2) is 7.88. The van der Waals surface area contributed by atoms with Crippen LogP contribution in [0.5, 0.6) is 17.5 Å². The third kappa shape index (κ3) is 3.30. The minimum atomic E-state index is 0.0373. The molecule has 6 unspecified atom stereocenters.